The van der Waals surface area contributed by atoms with Crippen molar-refractivity contribution in [2.24, 2.45) is 29.7 Å². The molecule has 1 heterocycles. The highest BCUT2D eigenvalue weighted by molar-refractivity contribution is 5.20. The van der Waals surface area contributed by atoms with E-state index in [4.69, 9.17) is 0 Å². The van der Waals surface area contributed by atoms with Crippen LogP contribution in [0.15, 0.2) is 12.4 Å². The molecule has 0 aliphatic heterocycles. The second-order valence-corrected chi connectivity index (χ2v) is 8.57. The minimum atomic E-state index is 0.484. The lowest BCUT2D eigenvalue weighted by atomic mass is 9.43. The van der Waals surface area contributed by atoms with Crippen molar-refractivity contribution >= 4 is 0 Å². The van der Waals surface area contributed by atoms with E-state index in [1.54, 1.807) is 0 Å². The molecule has 1 N–H and O–H groups in total. The van der Waals surface area contributed by atoms with Gasteiger partial charge in [-0.1, -0.05) is 13.8 Å². The van der Waals surface area contributed by atoms with Crippen LogP contribution < -0.4 is 5.32 Å². The molecule has 3 atom stereocenters. The van der Waals surface area contributed by atoms with Gasteiger partial charge in [0.1, 0.15) is 0 Å². The van der Waals surface area contributed by atoms with Crippen molar-refractivity contribution < 1.29 is 0 Å². The van der Waals surface area contributed by atoms with Crippen molar-refractivity contribution in [1.82, 2.24) is 15.1 Å². The topological polar surface area (TPSA) is 29.9 Å². The number of nitrogens with one attached hydrogen (secondary N) is 1. The van der Waals surface area contributed by atoms with E-state index in [1.165, 1.54) is 44.1 Å². The monoisotopic (exact) mass is 287 g/mol. The molecule has 4 aliphatic rings. The Labute approximate surface area is 128 Å². The Bertz CT molecular complexity index is 518. The third kappa shape index (κ3) is 2.16. The molecule has 3 nitrogen and oxygen atoms in total. The van der Waals surface area contributed by atoms with E-state index in [0.717, 1.165) is 18.4 Å². The summed E-state index contributed by atoms with van der Waals surface area (Å²) in [5.74, 6) is 1.96. The van der Waals surface area contributed by atoms with Gasteiger partial charge in [-0.15, -0.1) is 0 Å². The third-order valence-corrected chi connectivity index (χ3v) is 6.48. The van der Waals surface area contributed by atoms with Gasteiger partial charge >= 0.3 is 0 Å². The van der Waals surface area contributed by atoms with Gasteiger partial charge in [0.15, 0.2) is 0 Å². The molecule has 5 rings (SSSR count). The highest BCUT2D eigenvalue weighted by Gasteiger charge is 2.58. The molecule has 0 amide bonds. The third-order valence-electron chi connectivity index (χ3n) is 6.48. The first-order valence-corrected chi connectivity index (χ1v) is 8.74. The molecular formula is C18H29N3. The number of hydrogen-bond donors (Lipinski definition) is 1. The summed E-state index contributed by atoms with van der Waals surface area (Å²) in [5, 5.41) is 8.27. The van der Waals surface area contributed by atoms with E-state index in [1.807, 2.05) is 11.7 Å². The molecular weight excluding hydrogens is 258 g/mol. The zero-order chi connectivity index (χ0) is 14.7. The molecule has 4 bridgehead atoms. The van der Waals surface area contributed by atoms with Gasteiger partial charge in [0, 0.05) is 24.8 Å². The molecule has 0 spiro atoms. The fraction of sp³-hybridized carbons (Fsp3) is 0.833. The van der Waals surface area contributed by atoms with Crippen LogP contribution in [0.5, 0.6) is 0 Å². The number of hydrogen-bond acceptors (Lipinski definition) is 2. The summed E-state index contributed by atoms with van der Waals surface area (Å²) >= 11 is 0. The fourth-order valence-electron chi connectivity index (χ4n) is 6.62. The molecule has 3 unspecified atom stereocenters. The Morgan fingerprint density at radius 2 is 2.05 bits per heavy atom. The molecule has 0 aromatic carbocycles. The molecule has 1 aromatic rings. The number of aromatic nitrogens is 2. The first kappa shape index (κ1) is 13.8. The molecule has 4 fully saturated rings. The van der Waals surface area contributed by atoms with Gasteiger partial charge in [-0.2, -0.15) is 5.10 Å². The summed E-state index contributed by atoms with van der Waals surface area (Å²) in [5.41, 5.74) is 2.50. The average molecular weight is 287 g/mol. The number of rotatable bonds is 4. The fourth-order valence-corrected chi connectivity index (χ4v) is 6.62. The van der Waals surface area contributed by atoms with Crippen LogP contribution in [0.4, 0.5) is 0 Å². The zero-order valence-corrected chi connectivity index (χ0v) is 13.7. The molecule has 4 aliphatic carbocycles. The van der Waals surface area contributed by atoms with E-state index < -0.39 is 0 Å². The Morgan fingerprint density at radius 3 is 2.57 bits per heavy atom. The molecule has 1 aromatic heterocycles. The minimum absolute atomic E-state index is 0.484. The maximum atomic E-state index is 4.44. The second-order valence-electron chi connectivity index (χ2n) is 8.57. The van der Waals surface area contributed by atoms with Crippen LogP contribution in [-0.4, -0.2) is 16.3 Å². The predicted octanol–water partition coefficient (Wildman–Crippen LogP) is 3.68. The van der Waals surface area contributed by atoms with E-state index >= 15 is 0 Å². The summed E-state index contributed by atoms with van der Waals surface area (Å²) in [6.07, 6.45) is 13.1. The summed E-state index contributed by atoms with van der Waals surface area (Å²) < 4.78 is 1.96. The second kappa shape index (κ2) is 4.58. The van der Waals surface area contributed by atoms with Gasteiger partial charge < -0.3 is 5.32 Å². The predicted molar refractivity (Wildman–Crippen MR) is 84.8 cm³/mol. The largest absolute Gasteiger partial charge is 0.310 e. The molecule has 21 heavy (non-hydrogen) atoms. The SMILES string of the molecule is CCNC(c1cnn(C)c1)C12CC3CC(CC(C)(C3)C1)C2. The van der Waals surface area contributed by atoms with Crippen LogP contribution in [-0.2, 0) is 7.05 Å². The van der Waals surface area contributed by atoms with Crippen molar-refractivity contribution in [3.8, 4) is 0 Å². The van der Waals surface area contributed by atoms with Crippen LogP contribution in [0, 0.1) is 22.7 Å². The van der Waals surface area contributed by atoms with E-state index in [2.05, 4.69) is 36.7 Å². The van der Waals surface area contributed by atoms with Crippen molar-refractivity contribution in [2.45, 2.75) is 58.4 Å². The summed E-state index contributed by atoms with van der Waals surface area (Å²) in [7, 11) is 2.04. The average Bonchev–Trinajstić information content (AvgIpc) is 2.79. The van der Waals surface area contributed by atoms with Gasteiger partial charge in [0.25, 0.3) is 0 Å². The molecule has 4 saturated carbocycles. The first-order valence-electron chi connectivity index (χ1n) is 8.74. The summed E-state index contributed by atoms with van der Waals surface area (Å²) in [6.45, 7) is 5.85. The van der Waals surface area contributed by atoms with Crippen LogP contribution in [0.25, 0.3) is 0 Å². The summed E-state index contributed by atoms with van der Waals surface area (Å²) in [6, 6.07) is 0.501. The maximum absolute atomic E-state index is 4.44. The Kier molecular flexibility index (Phi) is 3.01. The smallest absolute Gasteiger partial charge is 0.0537 e. The van der Waals surface area contributed by atoms with Crippen molar-refractivity contribution in [1.29, 1.82) is 0 Å². The van der Waals surface area contributed by atoms with Crippen LogP contribution >= 0.6 is 0 Å². The van der Waals surface area contributed by atoms with E-state index in [0.29, 0.717) is 16.9 Å². The standard InChI is InChI=1S/C18H29N3/c1-4-19-16(15-10-20-21(3)11-15)18-8-13-5-14(9-18)7-17(2,6-13)12-18/h10-11,13-14,16,19H,4-9,12H2,1-3H3. The van der Waals surface area contributed by atoms with Crippen molar-refractivity contribution in [2.75, 3.05) is 6.54 Å². The van der Waals surface area contributed by atoms with Gasteiger partial charge in [-0.25, -0.2) is 0 Å². The minimum Gasteiger partial charge on any atom is -0.310 e. The number of aryl methyl sites for hydroxylation is 1. The van der Waals surface area contributed by atoms with Gasteiger partial charge in [-0.3, -0.25) is 4.68 Å². The van der Waals surface area contributed by atoms with Crippen LogP contribution in [0.2, 0.25) is 0 Å². The highest BCUT2D eigenvalue weighted by Crippen LogP contribution is 2.68. The number of nitrogens with zero attached hydrogens (tertiary/aromatic N) is 2. The molecule has 3 heteroatoms. The lowest BCUT2D eigenvalue weighted by Crippen LogP contribution is -2.55. The molecule has 116 valence electrons. The van der Waals surface area contributed by atoms with Crippen molar-refractivity contribution in [3.05, 3.63) is 18.0 Å². The van der Waals surface area contributed by atoms with Gasteiger partial charge in [0.2, 0.25) is 0 Å². The normalized spacial score (nSPS) is 42.4. The highest BCUT2D eigenvalue weighted by atomic mass is 15.2. The lowest BCUT2D eigenvalue weighted by Gasteiger charge is -2.63. The Balaban J connectivity index is 1.71. The summed E-state index contributed by atoms with van der Waals surface area (Å²) in [4.78, 5) is 0. The van der Waals surface area contributed by atoms with Crippen LogP contribution in [0.3, 0.4) is 0 Å². The Morgan fingerprint density at radius 1 is 1.33 bits per heavy atom. The van der Waals surface area contributed by atoms with Gasteiger partial charge in [0.05, 0.1) is 6.20 Å². The van der Waals surface area contributed by atoms with Crippen molar-refractivity contribution in [3.63, 3.8) is 0 Å². The first-order chi connectivity index (χ1) is 10.0. The quantitative estimate of drug-likeness (QED) is 0.915. The van der Waals surface area contributed by atoms with Gasteiger partial charge in [-0.05, 0) is 67.7 Å². The zero-order valence-electron chi connectivity index (χ0n) is 13.7. The van der Waals surface area contributed by atoms with E-state index in [9.17, 15) is 0 Å². The lowest BCUT2D eigenvalue weighted by molar-refractivity contribution is -0.119. The Hall–Kier alpha value is -0.830. The maximum Gasteiger partial charge on any atom is 0.0537 e. The van der Waals surface area contributed by atoms with E-state index in [-0.39, 0.29) is 0 Å². The van der Waals surface area contributed by atoms with Crippen LogP contribution in [0.1, 0.15) is 64.0 Å². The molecule has 0 radical (unpaired) electrons. The molecule has 0 saturated heterocycles.